The first kappa shape index (κ1) is 24.1. The van der Waals surface area contributed by atoms with Gasteiger partial charge in [-0.15, -0.1) is 0 Å². The molecule has 0 fully saturated rings. The second kappa shape index (κ2) is 10.4. The summed E-state index contributed by atoms with van der Waals surface area (Å²) in [6, 6.07) is 18.5. The van der Waals surface area contributed by atoms with Crippen molar-refractivity contribution in [1.82, 2.24) is 0 Å². The minimum atomic E-state index is -0.607. The molecule has 3 aromatic rings. The molecule has 0 aliphatic heterocycles. The number of nitrogens with zero attached hydrogens (tertiary/aromatic N) is 4. The summed E-state index contributed by atoms with van der Waals surface area (Å²) in [5.41, 5.74) is 1.36. The van der Waals surface area contributed by atoms with Crippen molar-refractivity contribution < 1.29 is 9.85 Å². The van der Waals surface area contributed by atoms with Crippen LogP contribution in [-0.2, 0) is 0 Å². The lowest BCUT2D eigenvalue weighted by atomic mass is 10.1. The molecule has 0 radical (unpaired) electrons. The summed E-state index contributed by atoms with van der Waals surface area (Å²) < 4.78 is 0. The van der Waals surface area contributed by atoms with Gasteiger partial charge >= 0.3 is 0 Å². The van der Waals surface area contributed by atoms with E-state index in [1.54, 1.807) is 24.3 Å². The van der Waals surface area contributed by atoms with Crippen LogP contribution in [0.25, 0.3) is 22.2 Å². The molecule has 0 N–H and O–H groups in total. The standard InChI is InChI=1S/C24H12Cl2N4O4/c25-21(19-7-5-17(13-27)11-23(19)29(31)32)9-15-1-2-16(4-3-15)10-22(26)20-8-6-18(14-28)12-24(20)30(33)34/h1-12H. The molecule has 10 heteroatoms. The van der Waals surface area contributed by atoms with E-state index in [1.165, 1.54) is 36.4 Å². The molecule has 166 valence electrons. The number of benzene rings is 3. The lowest BCUT2D eigenvalue weighted by Gasteiger charge is -2.04. The highest BCUT2D eigenvalue weighted by molar-refractivity contribution is 6.52. The molecule has 0 saturated carbocycles. The van der Waals surface area contributed by atoms with Gasteiger partial charge in [0.15, 0.2) is 0 Å². The van der Waals surface area contributed by atoms with Gasteiger partial charge in [0.1, 0.15) is 0 Å². The molecular weight excluding hydrogens is 479 g/mol. The second-order valence-corrected chi connectivity index (χ2v) is 7.67. The number of nitro benzene ring substituents is 2. The van der Waals surface area contributed by atoms with Crippen molar-refractivity contribution in [2.45, 2.75) is 0 Å². The average molecular weight is 491 g/mol. The van der Waals surface area contributed by atoms with E-state index in [0.717, 1.165) is 12.1 Å². The van der Waals surface area contributed by atoms with Gasteiger partial charge in [0, 0.05) is 12.1 Å². The molecule has 0 saturated heterocycles. The average Bonchev–Trinajstić information content (AvgIpc) is 2.84. The van der Waals surface area contributed by atoms with Crippen LogP contribution in [0.15, 0.2) is 60.7 Å². The number of rotatable bonds is 6. The zero-order valence-electron chi connectivity index (χ0n) is 17.1. The smallest absolute Gasteiger partial charge is 0.258 e. The van der Waals surface area contributed by atoms with Gasteiger partial charge in [0.25, 0.3) is 11.4 Å². The molecule has 0 heterocycles. The number of halogens is 2. The van der Waals surface area contributed by atoms with E-state index in [0.29, 0.717) is 11.1 Å². The Balaban J connectivity index is 1.91. The lowest BCUT2D eigenvalue weighted by Crippen LogP contribution is -1.94. The third-order valence-corrected chi connectivity index (χ3v) is 5.31. The van der Waals surface area contributed by atoms with Gasteiger partial charge < -0.3 is 0 Å². The van der Waals surface area contributed by atoms with E-state index in [4.69, 9.17) is 33.7 Å². The first-order valence-corrected chi connectivity index (χ1v) is 10.2. The zero-order valence-corrected chi connectivity index (χ0v) is 18.6. The summed E-state index contributed by atoms with van der Waals surface area (Å²) in [7, 11) is 0. The monoisotopic (exact) mass is 490 g/mol. The van der Waals surface area contributed by atoms with Gasteiger partial charge in [-0.2, -0.15) is 10.5 Å². The first-order valence-electron chi connectivity index (χ1n) is 9.45. The van der Waals surface area contributed by atoms with Gasteiger partial charge in [-0.25, -0.2) is 0 Å². The fourth-order valence-electron chi connectivity index (χ4n) is 3.05. The van der Waals surface area contributed by atoms with Crippen LogP contribution in [0, 0.1) is 42.9 Å². The molecule has 3 rings (SSSR count). The molecular formula is C24H12Cl2N4O4. The molecule has 34 heavy (non-hydrogen) atoms. The number of hydrogen-bond donors (Lipinski definition) is 0. The van der Waals surface area contributed by atoms with Crippen LogP contribution >= 0.6 is 23.2 Å². The van der Waals surface area contributed by atoms with Crippen molar-refractivity contribution in [3.05, 3.63) is 114 Å². The van der Waals surface area contributed by atoms with Crippen LogP contribution in [0.3, 0.4) is 0 Å². The summed E-state index contributed by atoms with van der Waals surface area (Å²) in [6.45, 7) is 0. The predicted molar refractivity (Wildman–Crippen MR) is 130 cm³/mol. The largest absolute Gasteiger partial charge is 0.279 e. The van der Waals surface area contributed by atoms with Crippen LogP contribution in [0.4, 0.5) is 11.4 Å². The van der Waals surface area contributed by atoms with E-state index in [-0.39, 0.29) is 43.7 Å². The SMILES string of the molecule is N#Cc1ccc(C(Cl)=Cc2ccc(C=C(Cl)c3ccc(C#N)cc3[N+](=O)[O-])cc2)c([N+](=O)[O-])c1. The predicted octanol–water partition coefficient (Wildman–Crippen LogP) is 6.72. The minimum Gasteiger partial charge on any atom is -0.258 e. The maximum atomic E-state index is 11.3. The Kier molecular flexibility index (Phi) is 7.39. The number of nitriles is 2. The van der Waals surface area contributed by atoms with Crippen LogP contribution in [0.1, 0.15) is 33.4 Å². The van der Waals surface area contributed by atoms with Gasteiger partial charge in [0.05, 0.1) is 54.3 Å². The van der Waals surface area contributed by atoms with Crippen molar-refractivity contribution in [3.63, 3.8) is 0 Å². The second-order valence-electron chi connectivity index (χ2n) is 6.85. The van der Waals surface area contributed by atoms with Crippen molar-refractivity contribution in [3.8, 4) is 12.1 Å². The maximum Gasteiger partial charge on any atom is 0.279 e. The van der Waals surface area contributed by atoms with Gasteiger partial charge in [-0.1, -0.05) is 47.5 Å². The highest BCUT2D eigenvalue weighted by Gasteiger charge is 2.18. The zero-order chi connectivity index (χ0) is 24.8. The van der Waals surface area contributed by atoms with E-state index in [2.05, 4.69) is 0 Å². The molecule has 0 bridgehead atoms. The molecule has 0 amide bonds. The molecule has 0 spiro atoms. The molecule has 0 atom stereocenters. The molecule has 0 aliphatic rings. The molecule has 0 aliphatic carbocycles. The number of nitro groups is 2. The van der Waals surface area contributed by atoms with Gasteiger partial charge in [0.2, 0.25) is 0 Å². The van der Waals surface area contributed by atoms with E-state index >= 15 is 0 Å². The highest BCUT2D eigenvalue weighted by atomic mass is 35.5. The van der Waals surface area contributed by atoms with Crippen LogP contribution in [0.2, 0.25) is 0 Å². The quantitative estimate of drug-likeness (QED) is 0.213. The van der Waals surface area contributed by atoms with Crippen LogP contribution in [0.5, 0.6) is 0 Å². The van der Waals surface area contributed by atoms with Crippen molar-refractivity contribution in [1.29, 1.82) is 10.5 Å². The van der Waals surface area contributed by atoms with E-state index in [9.17, 15) is 20.2 Å². The molecule has 0 unspecified atom stereocenters. The Morgan fingerprint density at radius 1 is 0.706 bits per heavy atom. The third kappa shape index (κ3) is 5.45. The third-order valence-electron chi connectivity index (χ3n) is 4.68. The Morgan fingerprint density at radius 3 is 1.35 bits per heavy atom. The summed E-state index contributed by atoms with van der Waals surface area (Å²) in [5, 5.41) is 40.8. The maximum absolute atomic E-state index is 11.3. The van der Waals surface area contributed by atoms with Crippen molar-refractivity contribution in [2.75, 3.05) is 0 Å². The van der Waals surface area contributed by atoms with Crippen molar-refractivity contribution in [2.24, 2.45) is 0 Å². The first-order chi connectivity index (χ1) is 16.2. The van der Waals surface area contributed by atoms with Crippen molar-refractivity contribution >= 4 is 56.8 Å². The van der Waals surface area contributed by atoms with Gasteiger partial charge in [-0.05, 0) is 47.5 Å². The summed E-state index contributed by atoms with van der Waals surface area (Å²) >= 11 is 12.6. The fraction of sp³-hybridized carbons (Fsp3) is 0. The van der Waals surface area contributed by atoms with Gasteiger partial charge in [-0.3, -0.25) is 20.2 Å². The summed E-state index contributed by atoms with van der Waals surface area (Å²) in [6.07, 6.45) is 3.08. The molecule has 3 aromatic carbocycles. The Morgan fingerprint density at radius 2 is 1.06 bits per heavy atom. The molecule has 8 nitrogen and oxygen atoms in total. The lowest BCUT2D eigenvalue weighted by molar-refractivity contribution is -0.385. The Hall–Kier alpha value is -4.50. The topological polar surface area (TPSA) is 134 Å². The molecule has 0 aromatic heterocycles. The Bertz CT molecular complexity index is 1340. The van der Waals surface area contributed by atoms with Crippen LogP contribution < -0.4 is 0 Å². The van der Waals surface area contributed by atoms with E-state index < -0.39 is 9.85 Å². The fourth-order valence-corrected chi connectivity index (χ4v) is 3.62. The number of hydrogen-bond acceptors (Lipinski definition) is 6. The minimum absolute atomic E-state index is 0.116. The van der Waals surface area contributed by atoms with E-state index in [1.807, 2.05) is 12.1 Å². The highest BCUT2D eigenvalue weighted by Crippen LogP contribution is 2.33. The Labute approximate surface area is 203 Å². The summed E-state index contributed by atoms with van der Waals surface area (Å²) in [4.78, 5) is 21.5. The normalized spacial score (nSPS) is 11.4. The summed E-state index contributed by atoms with van der Waals surface area (Å²) in [5.74, 6) is 0. The van der Waals surface area contributed by atoms with Crippen LogP contribution in [-0.4, -0.2) is 9.85 Å².